The Morgan fingerprint density at radius 3 is 2.07 bits per heavy atom. The Bertz CT molecular complexity index is 247. The number of hydrogen-bond donors (Lipinski definition) is 0. The summed E-state index contributed by atoms with van der Waals surface area (Å²) in [4.78, 5) is 0. The van der Waals surface area contributed by atoms with E-state index >= 15 is 0 Å². The molecular weight excluding hydrogens is 168 g/mol. The van der Waals surface area contributed by atoms with Crippen molar-refractivity contribution in [1.29, 1.82) is 0 Å². The highest BCUT2D eigenvalue weighted by Crippen LogP contribution is 2.18. The first-order valence-corrected chi connectivity index (χ1v) is 5.49. The van der Waals surface area contributed by atoms with Crippen LogP contribution < -0.4 is 0 Å². The quantitative estimate of drug-likeness (QED) is 0.536. The normalized spacial score (nSPS) is 11.4. The van der Waals surface area contributed by atoms with E-state index in [-0.39, 0.29) is 0 Å². The summed E-state index contributed by atoms with van der Waals surface area (Å²) in [7, 11) is 0. The molecule has 0 amide bonds. The Labute approximate surface area is 89.4 Å². The van der Waals surface area contributed by atoms with E-state index in [1.807, 2.05) is 0 Å². The van der Waals surface area contributed by atoms with Gasteiger partial charge in [-0.25, -0.2) is 0 Å². The van der Waals surface area contributed by atoms with Gasteiger partial charge in [-0.1, -0.05) is 37.1 Å². The maximum atomic E-state index is 3.96. The molecule has 0 radical (unpaired) electrons. The summed E-state index contributed by atoms with van der Waals surface area (Å²) in [6, 6.07) is 0. The van der Waals surface area contributed by atoms with E-state index in [2.05, 4.69) is 47.3 Å². The number of allylic oxidation sites excluding steroid dienone is 5. The van der Waals surface area contributed by atoms with Gasteiger partial charge in [0.15, 0.2) is 0 Å². The van der Waals surface area contributed by atoms with Crippen LogP contribution in [0.15, 0.2) is 34.9 Å². The topological polar surface area (TPSA) is 0 Å². The molecule has 0 aliphatic heterocycles. The largest absolute Gasteiger partial charge is 0.0958 e. The van der Waals surface area contributed by atoms with Crippen molar-refractivity contribution < 1.29 is 0 Å². The summed E-state index contributed by atoms with van der Waals surface area (Å²) < 4.78 is 0. The summed E-state index contributed by atoms with van der Waals surface area (Å²) in [6.07, 6.45) is 6.02. The SMILES string of the molecule is C=C(C)/C(C)=C\C(CCCC)=C(C)C. The maximum Gasteiger partial charge on any atom is -0.0280 e. The lowest BCUT2D eigenvalue weighted by molar-refractivity contribution is 0.791. The van der Waals surface area contributed by atoms with Crippen LogP contribution in [0.3, 0.4) is 0 Å². The van der Waals surface area contributed by atoms with Gasteiger partial charge in [0.2, 0.25) is 0 Å². The highest BCUT2D eigenvalue weighted by Gasteiger charge is 1.97. The van der Waals surface area contributed by atoms with Gasteiger partial charge in [0.1, 0.15) is 0 Å². The van der Waals surface area contributed by atoms with Crippen LogP contribution in [-0.2, 0) is 0 Å². The molecule has 80 valence electrons. The van der Waals surface area contributed by atoms with E-state index in [1.165, 1.54) is 41.6 Å². The van der Waals surface area contributed by atoms with E-state index in [9.17, 15) is 0 Å². The van der Waals surface area contributed by atoms with Crippen LogP contribution in [0.4, 0.5) is 0 Å². The lowest BCUT2D eigenvalue weighted by atomic mass is 10.00. The Hall–Kier alpha value is -0.780. The third kappa shape index (κ3) is 5.06. The number of hydrogen-bond acceptors (Lipinski definition) is 0. The minimum absolute atomic E-state index is 1.17. The molecule has 0 aromatic rings. The molecule has 0 fully saturated rings. The summed E-state index contributed by atoms with van der Waals surface area (Å²) in [5.41, 5.74) is 5.38. The predicted molar refractivity (Wildman–Crippen MR) is 66.5 cm³/mol. The Morgan fingerprint density at radius 2 is 1.71 bits per heavy atom. The average Bonchev–Trinajstić information content (AvgIpc) is 2.10. The molecule has 0 unspecified atom stereocenters. The third-order valence-electron chi connectivity index (χ3n) is 2.51. The molecule has 0 saturated heterocycles. The van der Waals surface area contributed by atoms with E-state index in [0.717, 1.165) is 0 Å². The summed E-state index contributed by atoms with van der Waals surface area (Å²) >= 11 is 0. The van der Waals surface area contributed by atoms with Crippen LogP contribution in [-0.4, -0.2) is 0 Å². The van der Waals surface area contributed by atoms with E-state index < -0.39 is 0 Å². The predicted octanol–water partition coefficient (Wildman–Crippen LogP) is 5.04. The molecule has 0 spiro atoms. The molecule has 0 nitrogen and oxygen atoms in total. The molecule has 0 heteroatoms. The smallest absolute Gasteiger partial charge is 0.0280 e. The first-order valence-electron chi connectivity index (χ1n) is 5.49. The van der Waals surface area contributed by atoms with Crippen molar-refractivity contribution in [2.45, 2.75) is 53.9 Å². The summed E-state index contributed by atoms with van der Waals surface area (Å²) in [6.45, 7) is 14.8. The second-order valence-corrected chi connectivity index (χ2v) is 4.24. The molecule has 0 saturated carbocycles. The van der Waals surface area contributed by atoms with E-state index in [4.69, 9.17) is 0 Å². The lowest BCUT2D eigenvalue weighted by Crippen LogP contribution is -1.86. The van der Waals surface area contributed by atoms with Gasteiger partial charge in [-0.05, 0) is 51.7 Å². The Balaban J connectivity index is 4.63. The summed E-state index contributed by atoms with van der Waals surface area (Å²) in [5, 5.41) is 0. The molecule has 0 atom stereocenters. The molecule has 0 aliphatic rings. The van der Waals surface area contributed by atoms with Crippen molar-refractivity contribution in [3.63, 3.8) is 0 Å². The first-order chi connectivity index (χ1) is 6.49. The van der Waals surface area contributed by atoms with Gasteiger partial charge in [-0.2, -0.15) is 0 Å². The molecular formula is C14H24. The van der Waals surface area contributed by atoms with Gasteiger partial charge >= 0.3 is 0 Å². The van der Waals surface area contributed by atoms with Gasteiger partial charge < -0.3 is 0 Å². The molecule has 0 heterocycles. The van der Waals surface area contributed by atoms with Gasteiger partial charge in [0.05, 0.1) is 0 Å². The zero-order chi connectivity index (χ0) is 11.1. The van der Waals surface area contributed by atoms with Crippen molar-refractivity contribution in [2.75, 3.05) is 0 Å². The van der Waals surface area contributed by atoms with Gasteiger partial charge in [0.25, 0.3) is 0 Å². The second kappa shape index (κ2) is 6.64. The van der Waals surface area contributed by atoms with Crippen molar-refractivity contribution in [3.05, 3.63) is 34.9 Å². The van der Waals surface area contributed by atoms with Crippen LogP contribution in [0, 0.1) is 0 Å². The monoisotopic (exact) mass is 192 g/mol. The summed E-state index contributed by atoms with van der Waals surface area (Å²) in [5.74, 6) is 0. The van der Waals surface area contributed by atoms with E-state index in [0.29, 0.717) is 0 Å². The van der Waals surface area contributed by atoms with Crippen LogP contribution >= 0.6 is 0 Å². The number of unbranched alkanes of at least 4 members (excludes halogenated alkanes) is 1. The van der Waals surface area contributed by atoms with Gasteiger partial charge in [-0.15, -0.1) is 0 Å². The van der Waals surface area contributed by atoms with Crippen molar-refractivity contribution >= 4 is 0 Å². The van der Waals surface area contributed by atoms with Crippen molar-refractivity contribution in [3.8, 4) is 0 Å². The third-order valence-corrected chi connectivity index (χ3v) is 2.51. The molecule has 0 N–H and O–H groups in total. The standard InChI is InChI=1S/C14H24/c1-7-8-9-14(12(4)5)10-13(6)11(2)3/h10H,2,7-9H2,1,3-6H3/b13-10-. The van der Waals surface area contributed by atoms with Gasteiger partial charge in [0, 0.05) is 0 Å². The highest BCUT2D eigenvalue weighted by atomic mass is 14.0. The zero-order valence-electron chi connectivity index (χ0n) is 10.4. The fourth-order valence-corrected chi connectivity index (χ4v) is 1.22. The highest BCUT2D eigenvalue weighted by molar-refractivity contribution is 5.34. The van der Waals surface area contributed by atoms with Crippen LogP contribution in [0.1, 0.15) is 53.9 Å². The average molecular weight is 192 g/mol. The molecule has 14 heavy (non-hydrogen) atoms. The zero-order valence-corrected chi connectivity index (χ0v) is 10.4. The fraction of sp³-hybridized carbons (Fsp3) is 0.571. The Morgan fingerprint density at radius 1 is 1.14 bits per heavy atom. The lowest BCUT2D eigenvalue weighted by Gasteiger charge is -2.07. The van der Waals surface area contributed by atoms with Crippen molar-refractivity contribution in [1.82, 2.24) is 0 Å². The maximum absolute atomic E-state index is 3.96. The molecule has 0 aromatic carbocycles. The molecule has 0 bridgehead atoms. The first kappa shape index (κ1) is 13.2. The van der Waals surface area contributed by atoms with Crippen LogP contribution in [0.5, 0.6) is 0 Å². The minimum atomic E-state index is 1.17. The van der Waals surface area contributed by atoms with E-state index in [1.54, 1.807) is 0 Å². The minimum Gasteiger partial charge on any atom is -0.0958 e. The molecule has 0 aliphatic carbocycles. The number of rotatable bonds is 5. The van der Waals surface area contributed by atoms with Gasteiger partial charge in [-0.3, -0.25) is 0 Å². The molecule has 0 rings (SSSR count). The molecule has 0 aromatic heterocycles. The van der Waals surface area contributed by atoms with Crippen LogP contribution in [0.2, 0.25) is 0 Å². The second-order valence-electron chi connectivity index (χ2n) is 4.24. The fourth-order valence-electron chi connectivity index (χ4n) is 1.22. The Kier molecular flexibility index (Phi) is 6.27. The van der Waals surface area contributed by atoms with Crippen LogP contribution in [0.25, 0.3) is 0 Å². The van der Waals surface area contributed by atoms with Crippen molar-refractivity contribution in [2.24, 2.45) is 0 Å².